The molecule has 0 spiro atoms. The lowest BCUT2D eigenvalue weighted by molar-refractivity contribution is 0.249. The summed E-state index contributed by atoms with van der Waals surface area (Å²) in [4.78, 5) is 0. The first-order chi connectivity index (χ1) is 7.01. The van der Waals surface area contributed by atoms with E-state index in [0.717, 1.165) is 12.2 Å². The maximum Gasteiger partial charge on any atom is 0.122 e. The number of hydrogen-bond acceptors (Lipinski definition) is 2. The van der Waals surface area contributed by atoms with Crippen molar-refractivity contribution >= 4 is 0 Å². The van der Waals surface area contributed by atoms with Crippen molar-refractivity contribution in [3.63, 3.8) is 0 Å². The van der Waals surface area contributed by atoms with Gasteiger partial charge in [-0.3, -0.25) is 0 Å². The van der Waals surface area contributed by atoms with Gasteiger partial charge in [0.1, 0.15) is 5.75 Å². The fourth-order valence-corrected chi connectivity index (χ4v) is 1.76. The average Bonchev–Trinajstić information content (AvgIpc) is 2.17. The third-order valence-electron chi connectivity index (χ3n) is 2.82. The van der Waals surface area contributed by atoms with Crippen molar-refractivity contribution in [3.05, 3.63) is 29.3 Å². The Kier molecular flexibility index (Phi) is 3.75. The van der Waals surface area contributed by atoms with Gasteiger partial charge in [-0.1, -0.05) is 31.5 Å². The monoisotopic (exact) mass is 208 g/mol. The fraction of sp³-hybridized carbons (Fsp3) is 0.538. The van der Waals surface area contributed by atoms with Gasteiger partial charge in [-0.15, -0.1) is 0 Å². The summed E-state index contributed by atoms with van der Waals surface area (Å²) in [5.74, 6) is 0.902. The predicted molar refractivity (Wildman–Crippen MR) is 62.5 cm³/mol. The largest absolute Gasteiger partial charge is 0.496 e. The van der Waals surface area contributed by atoms with E-state index in [-0.39, 0.29) is 12.0 Å². The van der Waals surface area contributed by atoms with Crippen LogP contribution in [0.25, 0.3) is 0 Å². The first-order valence-corrected chi connectivity index (χ1v) is 5.27. The van der Waals surface area contributed by atoms with E-state index in [2.05, 4.69) is 26.8 Å². The highest BCUT2D eigenvalue weighted by Crippen LogP contribution is 2.34. The van der Waals surface area contributed by atoms with Gasteiger partial charge in [0.25, 0.3) is 0 Å². The first-order valence-electron chi connectivity index (χ1n) is 5.27. The van der Waals surface area contributed by atoms with Crippen molar-refractivity contribution in [3.8, 4) is 5.75 Å². The van der Waals surface area contributed by atoms with Crippen LogP contribution in [-0.2, 0) is 5.41 Å². The van der Waals surface area contributed by atoms with Gasteiger partial charge in [-0.05, 0) is 24.8 Å². The Morgan fingerprint density at radius 2 is 2.00 bits per heavy atom. The number of ether oxygens (including phenoxy) is 1. The molecule has 15 heavy (non-hydrogen) atoms. The van der Waals surface area contributed by atoms with Crippen molar-refractivity contribution in [1.29, 1.82) is 0 Å². The highest BCUT2D eigenvalue weighted by atomic mass is 16.5. The van der Waals surface area contributed by atoms with Crippen molar-refractivity contribution < 1.29 is 9.84 Å². The van der Waals surface area contributed by atoms with Gasteiger partial charge in [-0.25, -0.2) is 0 Å². The molecule has 0 saturated heterocycles. The van der Waals surface area contributed by atoms with Crippen LogP contribution >= 0.6 is 0 Å². The Hall–Kier alpha value is -1.02. The SMILES string of the molecule is COc1ccc(C)cc1C(C)(C)CCO. The number of aliphatic hydroxyl groups excluding tert-OH is 1. The minimum atomic E-state index is -0.0495. The van der Waals surface area contributed by atoms with E-state index in [9.17, 15) is 0 Å². The molecule has 0 heterocycles. The van der Waals surface area contributed by atoms with Gasteiger partial charge in [0.2, 0.25) is 0 Å². The Bertz CT molecular complexity index is 329. The number of aliphatic hydroxyl groups is 1. The number of hydrogen-bond donors (Lipinski definition) is 1. The summed E-state index contributed by atoms with van der Waals surface area (Å²) in [6.45, 7) is 6.52. The predicted octanol–water partition coefficient (Wildman–Crippen LogP) is 2.66. The van der Waals surface area contributed by atoms with E-state index >= 15 is 0 Å². The molecule has 0 aliphatic rings. The molecule has 0 atom stereocenters. The Balaban J connectivity index is 3.15. The molecule has 0 radical (unpaired) electrons. The molecule has 0 bridgehead atoms. The molecule has 1 aromatic carbocycles. The van der Waals surface area contributed by atoms with Crippen LogP contribution in [0.3, 0.4) is 0 Å². The number of rotatable bonds is 4. The highest BCUT2D eigenvalue weighted by Gasteiger charge is 2.23. The van der Waals surface area contributed by atoms with Crippen LogP contribution < -0.4 is 4.74 Å². The van der Waals surface area contributed by atoms with E-state index in [1.54, 1.807) is 7.11 Å². The maximum atomic E-state index is 9.06. The number of benzene rings is 1. The van der Waals surface area contributed by atoms with E-state index in [4.69, 9.17) is 9.84 Å². The molecule has 1 N–H and O–H groups in total. The van der Waals surface area contributed by atoms with Gasteiger partial charge in [0, 0.05) is 12.2 Å². The summed E-state index contributed by atoms with van der Waals surface area (Å²) >= 11 is 0. The van der Waals surface area contributed by atoms with Crippen LogP contribution in [0.1, 0.15) is 31.4 Å². The third-order valence-corrected chi connectivity index (χ3v) is 2.82. The van der Waals surface area contributed by atoms with Crippen LogP contribution in [0.2, 0.25) is 0 Å². The molecule has 0 aliphatic carbocycles. The molecule has 0 unspecified atom stereocenters. The van der Waals surface area contributed by atoms with E-state index < -0.39 is 0 Å². The molecule has 0 saturated carbocycles. The fourth-order valence-electron chi connectivity index (χ4n) is 1.76. The molecule has 1 aromatic rings. The van der Waals surface area contributed by atoms with Gasteiger partial charge < -0.3 is 9.84 Å². The number of methoxy groups -OCH3 is 1. The van der Waals surface area contributed by atoms with Gasteiger partial charge in [-0.2, -0.15) is 0 Å². The van der Waals surface area contributed by atoms with Crippen LogP contribution in [0, 0.1) is 6.92 Å². The Morgan fingerprint density at radius 1 is 1.33 bits per heavy atom. The van der Waals surface area contributed by atoms with Crippen molar-refractivity contribution in [2.24, 2.45) is 0 Å². The van der Waals surface area contributed by atoms with Crippen molar-refractivity contribution in [2.75, 3.05) is 13.7 Å². The zero-order valence-corrected chi connectivity index (χ0v) is 10.0. The number of aryl methyl sites for hydroxylation is 1. The molecule has 0 aromatic heterocycles. The van der Waals surface area contributed by atoms with Crippen molar-refractivity contribution in [1.82, 2.24) is 0 Å². The standard InChI is InChI=1S/C13H20O2/c1-10-5-6-12(15-4)11(9-10)13(2,3)7-8-14/h5-6,9,14H,7-8H2,1-4H3. The lowest BCUT2D eigenvalue weighted by Crippen LogP contribution is -2.20. The lowest BCUT2D eigenvalue weighted by Gasteiger charge is -2.26. The minimum absolute atomic E-state index is 0.0495. The zero-order chi connectivity index (χ0) is 11.5. The maximum absolute atomic E-state index is 9.06. The van der Waals surface area contributed by atoms with E-state index in [1.807, 2.05) is 12.1 Å². The topological polar surface area (TPSA) is 29.5 Å². The summed E-state index contributed by atoms with van der Waals surface area (Å²) in [7, 11) is 1.68. The second kappa shape index (κ2) is 4.67. The quantitative estimate of drug-likeness (QED) is 0.824. The lowest BCUT2D eigenvalue weighted by atomic mass is 9.80. The smallest absolute Gasteiger partial charge is 0.122 e. The molecule has 2 heteroatoms. The van der Waals surface area contributed by atoms with Crippen LogP contribution in [-0.4, -0.2) is 18.8 Å². The summed E-state index contributed by atoms with van der Waals surface area (Å²) in [6, 6.07) is 6.16. The van der Waals surface area contributed by atoms with E-state index in [1.165, 1.54) is 11.1 Å². The molecule has 2 nitrogen and oxygen atoms in total. The average molecular weight is 208 g/mol. The molecular weight excluding hydrogens is 188 g/mol. The third kappa shape index (κ3) is 2.72. The van der Waals surface area contributed by atoms with Gasteiger partial charge in [0.15, 0.2) is 0 Å². The van der Waals surface area contributed by atoms with Crippen molar-refractivity contribution in [2.45, 2.75) is 32.6 Å². The molecule has 0 aliphatic heterocycles. The summed E-state index contributed by atoms with van der Waals surface area (Å²) in [6.07, 6.45) is 0.743. The minimum Gasteiger partial charge on any atom is -0.496 e. The molecular formula is C13H20O2. The first kappa shape index (κ1) is 12.1. The van der Waals surface area contributed by atoms with Crippen LogP contribution in [0.5, 0.6) is 5.75 Å². The summed E-state index contributed by atoms with van der Waals surface area (Å²) in [5.41, 5.74) is 2.34. The van der Waals surface area contributed by atoms with Gasteiger partial charge in [0.05, 0.1) is 7.11 Å². The second-order valence-electron chi connectivity index (χ2n) is 4.56. The van der Waals surface area contributed by atoms with Crippen LogP contribution in [0.15, 0.2) is 18.2 Å². The Morgan fingerprint density at radius 3 is 2.53 bits per heavy atom. The zero-order valence-electron chi connectivity index (χ0n) is 10.0. The van der Waals surface area contributed by atoms with Crippen LogP contribution in [0.4, 0.5) is 0 Å². The molecule has 84 valence electrons. The second-order valence-corrected chi connectivity index (χ2v) is 4.56. The van der Waals surface area contributed by atoms with E-state index in [0.29, 0.717) is 0 Å². The Labute approximate surface area is 91.9 Å². The normalized spacial score (nSPS) is 11.5. The molecule has 1 rings (SSSR count). The molecule has 0 fully saturated rings. The van der Waals surface area contributed by atoms with Gasteiger partial charge >= 0.3 is 0 Å². The molecule has 0 amide bonds. The summed E-state index contributed by atoms with van der Waals surface area (Å²) < 4.78 is 5.35. The highest BCUT2D eigenvalue weighted by molar-refractivity contribution is 5.41. The summed E-state index contributed by atoms with van der Waals surface area (Å²) in [5, 5.41) is 9.06.